The maximum absolute atomic E-state index is 7.55. The Balaban J connectivity index is 2.44. The Morgan fingerprint density at radius 1 is 1.00 bits per heavy atom. The van der Waals surface area contributed by atoms with Gasteiger partial charge in [0.25, 0.3) is 0 Å². The van der Waals surface area contributed by atoms with Crippen molar-refractivity contribution in [2.24, 2.45) is 5.73 Å². The SMILES string of the molecule is N=C(N)N(c1ccccn1)c1ccccn1. The van der Waals surface area contributed by atoms with E-state index < -0.39 is 0 Å². The first-order valence-corrected chi connectivity index (χ1v) is 4.75. The molecule has 0 amide bonds. The van der Waals surface area contributed by atoms with Gasteiger partial charge in [-0.2, -0.15) is 0 Å². The van der Waals surface area contributed by atoms with Crippen LogP contribution in [0, 0.1) is 5.41 Å². The molecule has 2 aromatic rings. The quantitative estimate of drug-likeness (QED) is 0.585. The van der Waals surface area contributed by atoms with Gasteiger partial charge in [0.2, 0.25) is 0 Å². The third-order valence-electron chi connectivity index (χ3n) is 2.00. The molecule has 0 aliphatic carbocycles. The van der Waals surface area contributed by atoms with Gasteiger partial charge in [0.05, 0.1) is 0 Å². The number of rotatable bonds is 2. The number of aromatic nitrogens is 2. The van der Waals surface area contributed by atoms with Gasteiger partial charge in [-0.1, -0.05) is 12.1 Å². The highest BCUT2D eigenvalue weighted by Gasteiger charge is 2.13. The second kappa shape index (κ2) is 4.39. The Hall–Kier alpha value is -2.43. The van der Waals surface area contributed by atoms with Crippen LogP contribution in [0.5, 0.6) is 0 Å². The Labute approximate surface area is 93.1 Å². The molecule has 0 aromatic carbocycles. The molecule has 0 unspecified atom stereocenters. The van der Waals surface area contributed by atoms with Crippen molar-refractivity contribution >= 4 is 17.6 Å². The van der Waals surface area contributed by atoms with Gasteiger partial charge in [-0.05, 0) is 24.3 Å². The zero-order valence-electron chi connectivity index (χ0n) is 8.54. The van der Waals surface area contributed by atoms with Gasteiger partial charge in [0.15, 0.2) is 5.96 Å². The van der Waals surface area contributed by atoms with Crippen LogP contribution in [0.4, 0.5) is 11.6 Å². The van der Waals surface area contributed by atoms with Crippen molar-refractivity contribution in [1.29, 1.82) is 5.41 Å². The summed E-state index contributed by atoms with van der Waals surface area (Å²) >= 11 is 0. The van der Waals surface area contributed by atoms with E-state index in [4.69, 9.17) is 11.1 Å². The Morgan fingerprint density at radius 3 is 1.81 bits per heavy atom. The molecule has 0 aliphatic heterocycles. The van der Waals surface area contributed by atoms with Gasteiger partial charge in [-0.15, -0.1) is 0 Å². The van der Waals surface area contributed by atoms with E-state index in [1.807, 2.05) is 12.1 Å². The second-order valence-electron chi connectivity index (χ2n) is 3.10. The molecule has 16 heavy (non-hydrogen) atoms. The minimum atomic E-state index is -0.114. The van der Waals surface area contributed by atoms with Crippen molar-refractivity contribution in [3.8, 4) is 0 Å². The maximum atomic E-state index is 7.55. The smallest absolute Gasteiger partial charge is 0.200 e. The average molecular weight is 213 g/mol. The van der Waals surface area contributed by atoms with Crippen LogP contribution < -0.4 is 10.6 Å². The third-order valence-corrected chi connectivity index (χ3v) is 2.00. The third kappa shape index (κ3) is 1.98. The molecule has 3 N–H and O–H groups in total. The van der Waals surface area contributed by atoms with Gasteiger partial charge in [-0.3, -0.25) is 5.41 Å². The van der Waals surface area contributed by atoms with E-state index in [2.05, 4.69) is 9.97 Å². The molecule has 0 bridgehead atoms. The molecule has 5 nitrogen and oxygen atoms in total. The van der Waals surface area contributed by atoms with Crippen molar-refractivity contribution in [2.75, 3.05) is 4.90 Å². The van der Waals surface area contributed by atoms with Crippen LogP contribution in [-0.2, 0) is 0 Å². The van der Waals surface area contributed by atoms with E-state index in [-0.39, 0.29) is 5.96 Å². The first-order chi connectivity index (χ1) is 7.79. The van der Waals surface area contributed by atoms with Crippen LogP contribution in [-0.4, -0.2) is 15.9 Å². The number of nitrogens with two attached hydrogens (primary N) is 1. The Bertz CT molecular complexity index is 429. The van der Waals surface area contributed by atoms with Gasteiger partial charge in [0, 0.05) is 12.4 Å². The first-order valence-electron chi connectivity index (χ1n) is 4.75. The van der Waals surface area contributed by atoms with Gasteiger partial charge in [0.1, 0.15) is 11.6 Å². The molecule has 80 valence electrons. The molecule has 0 atom stereocenters. The highest BCUT2D eigenvalue weighted by molar-refractivity contribution is 5.97. The second-order valence-corrected chi connectivity index (χ2v) is 3.10. The topological polar surface area (TPSA) is 78.9 Å². The van der Waals surface area contributed by atoms with Crippen LogP contribution in [0.3, 0.4) is 0 Å². The number of pyridine rings is 2. The van der Waals surface area contributed by atoms with E-state index in [1.54, 1.807) is 36.7 Å². The van der Waals surface area contributed by atoms with Crippen LogP contribution in [0.2, 0.25) is 0 Å². The molecular weight excluding hydrogens is 202 g/mol. The first kappa shape index (κ1) is 10.1. The largest absolute Gasteiger partial charge is 0.369 e. The minimum absolute atomic E-state index is 0.114. The fourth-order valence-electron chi connectivity index (χ4n) is 1.34. The Kier molecular flexibility index (Phi) is 2.77. The molecule has 2 rings (SSSR count). The predicted molar refractivity (Wildman–Crippen MR) is 62.5 cm³/mol. The van der Waals surface area contributed by atoms with Crippen molar-refractivity contribution in [2.45, 2.75) is 0 Å². The predicted octanol–water partition coefficient (Wildman–Crippen LogP) is 1.51. The molecule has 0 fully saturated rings. The highest BCUT2D eigenvalue weighted by atomic mass is 15.3. The Morgan fingerprint density at radius 2 is 1.50 bits per heavy atom. The normalized spacial score (nSPS) is 9.75. The molecule has 5 heteroatoms. The number of hydrogen-bond donors (Lipinski definition) is 2. The summed E-state index contributed by atoms with van der Waals surface area (Å²) in [6.07, 6.45) is 3.29. The highest BCUT2D eigenvalue weighted by Crippen LogP contribution is 2.19. The van der Waals surface area contributed by atoms with Gasteiger partial charge < -0.3 is 5.73 Å². The lowest BCUT2D eigenvalue weighted by molar-refractivity contribution is 1.13. The monoisotopic (exact) mass is 213 g/mol. The van der Waals surface area contributed by atoms with Crippen molar-refractivity contribution < 1.29 is 0 Å². The fraction of sp³-hybridized carbons (Fsp3) is 0. The molecule has 0 saturated heterocycles. The summed E-state index contributed by atoms with van der Waals surface area (Å²) in [6.45, 7) is 0. The summed E-state index contributed by atoms with van der Waals surface area (Å²) in [7, 11) is 0. The molecule has 2 heterocycles. The van der Waals surface area contributed by atoms with Crippen LogP contribution >= 0.6 is 0 Å². The number of nitrogens with zero attached hydrogens (tertiary/aromatic N) is 3. The van der Waals surface area contributed by atoms with Crippen molar-refractivity contribution in [3.63, 3.8) is 0 Å². The van der Waals surface area contributed by atoms with Crippen LogP contribution in [0.1, 0.15) is 0 Å². The summed E-state index contributed by atoms with van der Waals surface area (Å²) < 4.78 is 0. The standard InChI is InChI=1S/C11H11N5/c12-11(13)16(9-5-1-3-7-14-9)10-6-2-4-8-15-10/h1-8H,(H3,12,13). The average Bonchev–Trinajstić information content (AvgIpc) is 2.31. The summed E-state index contributed by atoms with van der Waals surface area (Å²) in [4.78, 5) is 9.76. The molecular formula is C11H11N5. The van der Waals surface area contributed by atoms with E-state index in [0.29, 0.717) is 11.6 Å². The van der Waals surface area contributed by atoms with E-state index in [9.17, 15) is 0 Å². The molecule has 0 spiro atoms. The zero-order chi connectivity index (χ0) is 11.4. The number of nitrogens with one attached hydrogen (secondary N) is 1. The lowest BCUT2D eigenvalue weighted by Gasteiger charge is -2.19. The van der Waals surface area contributed by atoms with Gasteiger partial charge in [-0.25, -0.2) is 14.9 Å². The molecule has 0 saturated carbocycles. The number of anilines is 2. The van der Waals surface area contributed by atoms with E-state index in [1.165, 1.54) is 4.90 Å². The fourth-order valence-corrected chi connectivity index (χ4v) is 1.34. The van der Waals surface area contributed by atoms with Gasteiger partial charge >= 0.3 is 0 Å². The van der Waals surface area contributed by atoms with E-state index >= 15 is 0 Å². The van der Waals surface area contributed by atoms with E-state index in [0.717, 1.165) is 0 Å². The summed E-state index contributed by atoms with van der Waals surface area (Å²) in [5.41, 5.74) is 5.53. The van der Waals surface area contributed by atoms with Crippen LogP contribution in [0.25, 0.3) is 0 Å². The summed E-state index contributed by atoms with van der Waals surface area (Å²) in [6, 6.07) is 10.8. The zero-order valence-corrected chi connectivity index (χ0v) is 8.54. The molecule has 0 radical (unpaired) electrons. The lowest BCUT2D eigenvalue weighted by atomic mass is 10.4. The number of guanidine groups is 1. The van der Waals surface area contributed by atoms with Crippen LogP contribution in [0.15, 0.2) is 48.8 Å². The van der Waals surface area contributed by atoms with Crippen molar-refractivity contribution in [3.05, 3.63) is 48.8 Å². The summed E-state index contributed by atoms with van der Waals surface area (Å²) in [5.74, 6) is 1.04. The number of hydrogen-bond acceptors (Lipinski definition) is 3. The molecule has 2 aromatic heterocycles. The molecule has 0 aliphatic rings. The maximum Gasteiger partial charge on any atom is 0.200 e. The van der Waals surface area contributed by atoms with Crippen molar-refractivity contribution in [1.82, 2.24) is 9.97 Å². The minimum Gasteiger partial charge on any atom is -0.369 e. The lowest BCUT2D eigenvalue weighted by Crippen LogP contribution is -2.33. The summed E-state index contributed by atoms with van der Waals surface area (Å²) in [5, 5.41) is 7.55.